The minimum atomic E-state index is -0.0556. The Morgan fingerprint density at radius 3 is 2.95 bits per heavy atom. The average Bonchev–Trinajstić information content (AvgIpc) is 2.84. The van der Waals surface area contributed by atoms with Crippen LogP contribution in [0.3, 0.4) is 0 Å². The summed E-state index contributed by atoms with van der Waals surface area (Å²) < 4.78 is 7.50. The highest BCUT2D eigenvalue weighted by Gasteiger charge is 2.28. The lowest BCUT2D eigenvalue weighted by molar-refractivity contribution is -0.0553. The number of aryl methyl sites for hydroxylation is 1. The predicted molar refractivity (Wildman–Crippen MR) is 80.6 cm³/mol. The van der Waals surface area contributed by atoms with Gasteiger partial charge in [-0.1, -0.05) is 6.07 Å². The molecule has 1 saturated heterocycles. The highest BCUT2D eigenvalue weighted by atomic mass is 16.5. The van der Waals surface area contributed by atoms with E-state index in [9.17, 15) is 0 Å². The van der Waals surface area contributed by atoms with Crippen LogP contribution in [-0.2, 0) is 4.74 Å². The molecular formula is C15H21N5O. The standard InChI is InChI=1S/C15H21N5O/c1-11-17-18-19-20(11)14-6-4-5-12(9-14)16-13-7-8-21-15(2,3)10-13/h4-6,9,13,16H,7-8,10H2,1-3H3. The Morgan fingerprint density at radius 1 is 1.38 bits per heavy atom. The molecule has 1 atom stereocenters. The number of aromatic nitrogens is 4. The van der Waals surface area contributed by atoms with Gasteiger partial charge in [0.25, 0.3) is 0 Å². The van der Waals surface area contributed by atoms with Crippen LogP contribution in [0.1, 0.15) is 32.5 Å². The van der Waals surface area contributed by atoms with Crippen LogP contribution < -0.4 is 5.32 Å². The molecule has 1 aromatic carbocycles. The van der Waals surface area contributed by atoms with Gasteiger partial charge in [0.15, 0.2) is 5.82 Å². The van der Waals surface area contributed by atoms with Crippen molar-refractivity contribution in [3.05, 3.63) is 30.1 Å². The fraction of sp³-hybridized carbons (Fsp3) is 0.533. The van der Waals surface area contributed by atoms with E-state index in [0.29, 0.717) is 6.04 Å². The van der Waals surface area contributed by atoms with Crippen LogP contribution in [0, 0.1) is 6.92 Å². The maximum absolute atomic E-state index is 5.76. The van der Waals surface area contributed by atoms with Gasteiger partial charge in [-0.25, -0.2) is 0 Å². The Labute approximate surface area is 124 Å². The third-order valence-electron chi connectivity index (χ3n) is 3.78. The molecule has 3 rings (SSSR count). The monoisotopic (exact) mass is 287 g/mol. The Balaban J connectivity index is 1.76. The van der Waals surface area contributed by atoms with Crippen LogP contribution in [0.25, 0.3) is 5.69 Å². The zero-order valence-corrected chi connectivity index (χ0v) is 12.7. The van der Waals surface area contributed by atoms with E-state index in [1.54, 1.807) is 4.68 Å². The van der Waals surface area contributed by atoms with Gasteiger partial charge in [0.05, 0.1) is 11.3 Å². The maximum Gasteiger partial charge on any atom is 0.153 e. The number of ether oxygens (including phenoxy) is 1. The highest BCUT2D eigenvalue weighted by molar-refractivity contribution is 5.51. The molecule has 2 heterocycles. The number of benzene rings is 1. The van der Waals surface area contributed by atoms with E-state index in [1.807, 2.05) is 19.1 Å². The van der Waals surface area contributed by atoms with Gasteiger partial charge < -0.3 is 10.1 Å². The van der Waals surface area contributed by atoms with Crippen LogP contribution in [0.4, 0.5) is 5.69 Å². The molecular weight excluding hydrogens is 266 g/mol. The Hall–Kier alpha value is -1.95. The van der Waals surface area contributed by atoms with E-state index in [4.69, 9.17) is 4.74 Å². The van der Waals surface area contributed by atoms with E-state index in [0.717, 1.165) is 36.6 Å². The van der Waals surface area contributed by atoms with E-state index < -0.39 is 0 Å². The summed E-state index contributed by atoms with van der Waals surface area (Å²) in [6.45, 7) is 6.97. The second-order valence-electron chi connectivity index (χ2n) is 6.13. The number of hydrogen-bond donors (Lipinski definition) is 1. The van der Waals surface area contributed by atoms with Crippen molar-refractivity contribution in [3.8, 4) is 5.69 Å². The first-order valence-corrected chi connectivity index (χ1v) is 7.29. The summed E-state index contributed by atoms with van der Waals surface area (Å²) in [5, 5.41) is 15.2. The lowest BCUT2D eigenvalue weighted by Crippen LogP contribution is -2.40. The molecule has 1 aliphatic heterocycles. The van der Waals surface area contributed by atoms with Gasteiger partial charge in [-0.3, -0.25) is 0 Å². The maximum atomic E-state index is 5.76. The van der Waals surface area contributed by atoms with Gasteiger partial charge >= 0.3 is 0 Å². The third-order valence-corrected chi connectivity index (χ3v) is 3.78. The molecule has 1 aliphatic rings. The Morgan fingerprint density at radius 2 is 2.24 bits per heavy atom. The molecule has 1 aromatic heterocycles. The van der Waals surface area contributed by atoms with Gasteiger partial charge in [0.2, 0.25) is 0 Å². The van der Waals surface area contributed by atoms with E-state index in [-0.39, 0.29) is 5.60 Å². The number of tetrazole rings is 1. The molecule has 2 aromatic rings. The lowest BCUT2D eigenvalue weighted by atomic mass is 9.94. The number of rotatable bonds is 3. The smallest absolute Gasteiger partial charge is 0.153 e. The third kappa shape index (κ3) is 3.21. The molecule has 0 aliphatic carbocycles. The van der Waals surface area contributed by atoms with Crippen molar-refractivity contribution in [2.24, 2.45) is 0 Å². The van der Waals surface area contributed by atoms with Crippen molar-refractivity contribution in [1.29, 1.82) is 0 Å². The molecule has 112 valence electrons. The molecule has 21 heavy (non-hydrogen) atoms. The predicted octanol–water partition coefficient (Wildman–Crippen LogP) is 2.34. The van der Waals surface area contributed by atoms with Gasteiger partial charge in [-0.15, -0.1) is 5.10 Å². The summed E-state index contributed by atoms with van der Waals surface area (Å²) in [5.74, 6) is 0.777. The number of hydrogen-bond acceptors (Lipinski definition) is 5. The minimum Gasteiger partial charge on any atom is -0.382 e. The van der Waals surface area contributed by atoms with Gasteiger partial charge in [0, 0.05) is 18.3 Å². The van der Waals surface area contributed by atoms with Crippen LogP contribution in [0.2, 0.25) is 0 Å². The second-order valence-corrected chi connectivity index (χ2v) is 6.13. The second kappa shape index (κ2) is 5.44. The fourth-order valence-corrected chi connectivity index (χ4v) is 2.79. The first-order chi connectivity index (χ1) is 10.0. The Kier molecular flexibility index (Phi) is 3.63. The molecule has 0 bridgehead atoms. The fourth-order valence-electron chi connectivity index (χ4n) is 2.79. The van der Waals surface area contributed by atoms with Crippen molar-refractivity contribution >= 4 is 5.69 Å². The molecule has 0 saturated carbocycles. The van der Waals surface area contributed by atoms with Gasteiger partial charge in [-0.2, -0.15) is 4.68 Å². The van der Waals surface area contributed by atoms with Crippen molar-refractivity contribution in [2.75, 3.05) is 11.9 Å². The highest BCUT2D eigenvalue weighted by Crippen LogP contribution is 2.26. The molecule has 1 unspecified atom stereocenters. The van der Waals surface area contributed by atoms with Crippen LogP contribution in [0.5, 0.6) is 0 Å². The SMILES string of the molecule is Cc1nnnn1-c1cccc(NC2CCOC(C)(C)C2)c1. The van der Waals surface area contributed by atoms with Crippen LogP contribution in [-0.4, -0.2) is 38.5 Å². The summed E-state index contributed by atoms with van der Waals surface area (Å²) in [7, 11) is 0. The molecule has 6 nitrogen and oxygen atoms in total. The zero-order chi connectivity index (χ0) is 14.9. The zero-order valence-electron chi connectivity index (χ0n) is 12.7. The average molecular weight is 287 g/mol. The minimum absolute atomic E-state index is 0.0556. The summed E-state index contributed by atoms with van der Waals surface area (Å²) in [4.78, 5) is 0. The lowest BCUT2D eigenvalue weighted by Gasteiger charge is -2.36. The first kappa shape index (κ1) is 14.0. The molecule has 0 amide bonds. The van der Waals surface area contributed by atoms with E-state index in [1.165, 1.54) is 0 Å². The van der Waals surface area contributed by atoms with Crippen molar-refractivity contribution in [2.45, 2.75) is 45.3 Å². The summed E-state index contributed by atoms with van der Waals surface area (Å²) in [6.07, 6.45) is 2.03. The Bertz CT molecular complexity index is 622. The molecule has 0 radical (unpaired) electrons. The van der Waals surface area contributed by atoms with Crippen molar-refractivity contribution < 1.29 is 4.74 Å². The molecule has 6 heteroatoms. The largest absolute Gasteiger partial charge is 0.382 e. The molecule has 1 fully saturated rings. The summed E-state index contributed by atoms with van der Waals surface area (Å²) in [6, 6.07) is 8.60. The van der Waals surface area contributed by atoms with Crippen LogP contribution in [0.15, 0.2) is 24.3 Å². The number of nitrogens with one attached hydrogen (secondary N) is 1. The number of anilines is 1. The summed E-state index contributed by atoms with van der Waals surface area (Å²) >= 11 is 0. The molecule has 0 spiro atoms. The number of nitrogens with zero attached hydrogens (tertiary/aromatic N) is 4. The van der Waals surface area contributed by atoms with E-state index in [2.05, 4.69) is 46.8 Å². The normalized spacial score (nSPS) is 21.2. The van der Waals surface area contributed by atoms with Crippen molar-refractivity contribution in [3.63, 3.8) is 0 Å². The van der Waals surface area contributed by atoms with Crippen LogP contribution >= 0.6 is 0 Å². The summed E-state index contributed by atoms with van der Waals surface area (Å²) in [5.41, 5.74) is 2.00. The van der Waals surface area contributed by atoms with Crippen molar-refractivity contribution in [1.82, 2.24) is 20.2 Å². The quantitative estimate of drug-likeness (QED) is 0.938. The topological polar surface area (TPSA) is 64.9 Å². The first-order valence-electron chi connectivity index (χ1n) is 7.29. The van der Waals surface area contributed by atoms with Gasteiger partial charge in [0.1, 0.15) is 0 Å². The molecule has 1 N–H and O–H groups in total. The van der Waals surface area contributed by atoms with Gasteiger partial charge in [-0.05, 0) is 62.2 Å². The van der Waals surface area contributed by atoms with E-state index >= 15 is 0 Å².